The summed E-state index contributed by atoms with van der Waals surface area (Å²) in [6.07, 6.45) is -4.04. The summed E-state index contributed by atoms with van der Waals surface area (Å²) in [5.74, 6) is -2.04. The van der Waals surface area contributed by atoms with Crippen molar-refractivity contribution < 1.29 is 17.6 Å². The molecule has 0 amide bonds. The van der Waals surface area contributed by atoms with Crippen molar-refractivity contribution in [2.75, 3.05) is 19.0 Å². The zero-order chi connectivity index (χ0) is 10.9. The number of alkyl halides is 3. The topological polar surface area (TPSA) is 29.0 Å². The highest BCUT2D eigenvalue weighted by molar-refractivity contribution is 5.46. The highest BCUT2D eigenvalue weighted by atomic mass is 19.4. The maximum absolute atomic E-state index is 12.8. The summed E-state index contributed by atoms with van der Waals surface area (Å²) in [5, 5.41) is 0. The number of nitrogens with zero attached hydrogens (tertiary/aromatic N) is 3. The lowest BCUT2D eigenvalue weighted by atomic mass is 10.3. The first-order chi connectivity index (χ1) is 6.34. The Bertz CT molecular complexity index is 334. The number of anilines is 1. The van der Waals surface area contributed by atoms with Crippen LogP contribution in [0, 0.1) is 5.95 Å². The highest BCUT2D eigenvalue weighted by Gasteiger charge is 2.39. The molecule has 7 heteroatoms. The van der Waals surface area contributed by atoms with Gasteiger partial charge in [0.25, 0.3) is 0 Å². The molecule has 14 heavy (non-hydrogen) atoms. The van der Waals surface area contributed by atoms with Crippen LogP contribution in [0.25, 0.3) is 0 Å². The quantitative estimate of drug-likeness (QED) is 0.520. The predicted molar refractivity (Wildman–Crippen MR) is 41.3 cm³/mol. The Morgan fingerprint density at radius 2 is 1.79 bits per heavy atom. The van der Waals surface area contributed by atoms with Crippen LogP contribution >= 0.6 is 0 Å². The summed E-state index contributed by atoms with van der Waals surface area (Å²) in [5.41, 5.74) is -1.44. The third-order valence-electron chi connectivity index (χ3n) is 1.49. The molecule has 3 nitrogen and oxygen atoms in total. The fourth-order valence-corrected chi connectivity index (χ4v) is 0.938. The third kappa shape index (κ3) is 1.91. The molecule has 0 aliphatic heterocycles. The Balaban J connectivity index is 3.38. The highest BCUT2D eigenvalue weighted by Crippen LogP contribution is 2.35. The van der Waals surface area contributed by atoms with Gasteiger partial charge in [0.2, 0.25) is 5.95 Å². The largest absolute Gasteiger partial charge is 0.424 e. The standard InChI is InChI=1S/C7H7F4N3/c1-14(2)6-4(7(9,10)11)5(8)12-3-13-6/h3H,1-2H3. The molecule has 1 heterocycles. The molecule has 0 atom stereocenters. The van der Waals surface area contributed by atoms with Gasteiger partial charge >= 0.3 is 6.18 Å². The molecule has 0 aliphatic rings. The van der Waals surface area contributed by atoms with E-state index < -0.39 is 23.5 Å². The van der Waals surface area contributed by atoms with Gasteiger partial charge in [-0.1, -0.05) is 0 Å². The molecule has 0 bridgehead atoms. The summed E-state index contributed by atoms with van der Waals surface area (Å²) < 4.78 is 49.8. The lowest BCUT2D eigenvalue weighted by Gasteiger charge is -2.17. The first kappa shape index (κ1) is 10.7. The van der Waals surface area contributed by atoms with Crippen molar-refractivity contribution in [3.8, 4) is 0 Å². The van der Waals surface area contributed by atoms with Gasteiger partial charge in [0.15, 0.2) is 5.56 Å². The zero-order valence-corrected chi connectivity index (χ0v) is 7.43. The Morgan fingerprint density at radius 1 is 1.21 bits per heavy atom. The van der Waals surface area contributed by atoms with Crippen LogP contribution in [0.5, 0.6) is 0 Å². The van der Waals surface area contributed by atoms with Crippen LogP contribution in [-0.4, -0.2) is 24.1 Å². The van der Waals surface area contributed by atoms with Crippen molar-refractivity contribution in [2.24, 2.45) is 0 Å². The molecule has 1 rings (SSSR count). The van der Waals surface area contributed by atoms with Crippen molar-refractivity contribution in [3.05, 3.63) is 17.8 Å². The molecule has 0 saturated carbocycles. The van der Waals surface area contributed by atoms with Gasteiger partial charge in [-0.05, 0) is 0 Å². The maximum atomic E-state index is 12.8. The Kier molecular flexibility index (Phi) is 2.59. The second kappa shape index (κ2) is 3.39. The number of rotatable bonds is 1. The molecule has 0 N–H and O–H groups in total. The number of hydrogen-bond acceptors (Lipinski definition) is 3. The lowest BCUT2D eigenvalue weighted by Crippen LogP contribution is -2.20. The van der Waals surface area contributed by atoms with Crippen LogP contribution in [0.3, 0.4) is 0 Å². The van der Waals surface area contributed by atoms with Gasteiger partial charge in [-0.3, -0.25) is 0 Å². The van der Waals surface area contributed by atoms with E-state index in [9.17, 15) is 17.6 Å². The SMILES string of the molecule is CN(C)c1ncnc(F)c1C(F)(F)F. The minimum atomic E-state index is -4.79. The van der Waals surface area contributed by atoms with E-state index in [0.717, 1.165) is 11.2 Å². The second-order valence-electron chi connectivity index (χ2n) is 2.76. The van der Waals surface area contributed by atoms with Crippen molar-refractivity contribution in [1.82, 2.24) is 9.97 Å². The molecule has 0 aromatic carbocycles. The van der Waals surface area contributed by atoms with Crippen LogP contribution in [0.4, 0.5) is 23.4 Å². The molecule has 0 unspecified atom stereocenters. The molecule has 0 fully saturated rings. The van der Waals surface area contributed by atoms with Crippen LogP contribution in [-0.2, 0) is 6.18 Å². The van der Waals surface area contributed by atoms with Crippen LogP contribution in [0.1, 0.15) is 5.56 Å². The van der Waals surface area contributed by atoms with Crippen LogP contribution in [0.2, 0.25) is 0 Å². The van der Waals surface area contributed by atoms with E-state index in [1.807, 2.05) is 0 Å². The summed E-state index contributed by atoms with van der Waals surface area (Å²) in [6, 6.07) is 0. The van der Waals surface area contributed by atoms with Gasteiger partial charge in [-0.15, -0.1) is 0 Å². The smallest absolute Gasteiger partial charge is 0.362 e. The summed E-state index contributed by atoms with van der Waals surface area (Å²) in [7, 11) is 2.69. The molecule has 0 spiro atoms. The Hall–Kier alpha value is -1.40. The molecule has 78 valence electrons. The maximum Gasteiger partial charge on any atom is 0.424 e. The first-order valence-electron chi connectivity index (χ1n) is 3.59. The normalized spacial score (nSPS) is 11.6. The van der Waals surface area contributed by atoms with Gasteiger partial charge in [0.05, 0.1) is 0 Å². The van der Waals surface area contributed by atoms with E-state index in [0.29, 0.717) is 0 Å². The van der Waals surface area contributed by atoms with Gasteiger partial charge in [-0.25, -0.2) is 9.97 Å². The van der Waals surface area contributed by atoms with Gasteiger partial charge in [0.1, 0.15) is 12.1 Å². The summed E-state index contributed by atoms with van der Waals surface area (Å²) >= 11 is 0. The fraction of sp³-hybridized carbons (Fsp3) is 0.429. The van der Waals surface area contributed by atoms with Gasteiger partial charge in [-0.2, -0.15) is 17.6 Å². The fourth-order valence-electron chi connectivity index (χ4n) is 0.938. The van der Waals surface area contributed by atoms with E-state index in [4.69, 9.17) is 0 Å². The molecule has 0 radical (unpaired) electrons. The van der Waals surface area contributed by atoms with E-state index in [1.54, 1.807) is 0 Å². The van der Waals surface area contributed by atoms with Crippen LogP contribution < -0.4 is 4.90 Å². The van der Waals surface area contributed by atoms with Crippen molar-refractivity contribution in [3.63, 3.8) is 0 Å². The van der Waals surface area contributed by atoms with E-state index >= 15 is 0 Å². The van der Waals surface area contributed by atoms with Crippen molar-refractivity contribution in [1.29, 1.82) is 0 Å². The number of halogens is 4. The monoisotopic (exact) mass is 209 g/mol. The average Bonchev–Trinajstić information content (AvgIpc) is 2.01. The minimum absolute atomic E-state index is 0.481. The van der Waals surface area contributed by atoms with Gasteiger partial charge < -0.3 is 4.90 Å². The molecular weight excluding hydrogens is 202 g/mol. The number of hydrogen-bond donors (Lipinski definition) is 0. The van der Waals surface area contributed by atoms with Crippen LogP contribution in [0.15, 0.2) is 6.33 Å². The van der Waals surface area contributed by atoms with Gasteiger partial charge in [0, 0.05) is 14.1 Å². The van der Waals surface area contributed by atoms with Crippen molar-refractivity contribution in [2.45, 2.75) is 6.18 Å². The third-order valence-corrected chi connectivity index (χ3v) is 1.49. The molecule has 1 aromatic heterocycles. The lowest BCUT2D eigenvalue weighted by molar-refractivity contribution is -0.140. The molecule has 0 aliphatic carbocycles. The minimum Gasteiger partial charge on any atom is -0.362 e. The van der Waals surface area contributed by atoms with Crippen molar-refractivity contribution >= 4 is 5.82 Å². The predicted octanol–water partition coefficient (Wildman–Crippen LogP) is 1.70. The van der Waals surface area contributed by atoms with E-state index in [1.165, 1.54) is 14.1 Å². The number of aromatic nitrogens is 2. The zero-order valence-electron chi connectivity index (χ0n) is 7.43. The van der Waals surface area contributed by atoms with E-state index in [-0.39, 0.29) is 0 Å². The van der Waals surface area contributed by atoms with E-state index in [2.05, 4.69) is 9.97 Å². The Morgan fingerprint density at radius 3 is 2.14 bits per heavy atom. The average molecular weight is 209 g/mol. The summed E-state index contributed by atoms with van der Waals surface area (Å²) in [6.45, 7) is 0. The second-order valence-corrected chi connectivity index (χ2v) is 2.76. The molecular formula is C7H7F4N3. The first-order valence-corrected chi connectivity index (χ1v) is 3.59. The summed E-state index contributed by atoms with van der Waals surface area (Å²) in [4.78, 5) is 7.30. The Labute approximate surface area is 77.4 Å². The molecule has 0 saturated heterocycles. The molecule has 1 aromatic rings.